The SMILES string of the molecule is O=C(Nc1ccc(N2CCCC2=O)cc1)c1ccc(S(=O)(=O)C(F)F)cc1. The Hall–Kier alpha value is -2.81. The molecule has 1 saturated heterocycles. The fraction of sp³-hybridized carbons (Fsp3) is 0.222. The van der Waals surface area contributed by atoms with Crippen molar-refractivity contribution in [2.75, 3.05) is 16.8 Å². The number of amides is 2. The number of benzene rings is 2. The molecule has 0 unspecified atom stereocenters. The second-order valence-electron chi connectivity index (χ2n) is 5.98. The summed E-state index contributed by atoms with van der Waals surface area (Å²) < 4.78 is 47.8. The van der Waals surface area contributed by atoms with Gasteiger partial charge in [-0.1, -0.05) is 0 Å². The molecule has 1 aliphatic heterocycles. The maximum absolute atomic E-state index is 12.5. The van der Waals surface area contributed by atoms with Crippen LogP contribution >= 0.6 is 0 Å². The molecule has 0 bridgehead atoms. The van der Waals surface area contributed by atoms with Gasteiger partial charge in [0, 0.05) is 29.9 Å². The number of rotatable bonds is 5. The van der Waals surface area contributed by atoms with Gasteiger partial charge in [-0.3, -0.25) is 9.59 Å². The Kier molecular flexibility index (Phi) is 5.22. The van der Waals surface area contributed by atoms with Gasteiger partial charge in [0.2, 0.25) is 15.7 Å². The van der Waals surface area contributed by atoms with Crippen LogP contribution in [-0.2, 0) is 14.6 Å². The predicted octanol–water partition coefficient (Wildman–Crippen LogP) is 3.06. The van der Waals surface area contributed by atoms with Gasteiger partial charge in [0.25, 0.3) is 5.91 Å². The highest BCUT2D eigenvalue weighted by Gasteiger charge is 2.26. The molecule has 27 heavy (non-hydrogen) atoms. The summed E-state index contributed by atoms with van der Waals surface area (Å²) in [5.74, 6) is -3.97. The van der Waals surface area contributed by atoms with E-state index in [4.69, 9.17) is 0 Å². The lowest BCUT2D eigenvalue weighted by Crippen LogP contribution is -2.23. The van der Waals surface area contributed by atoms with E-state index in [-0.39, 0.29) is 11.5 Å². The third-order valence-electron chi connectivity index (χ3n) is 4.19. The third-order valence-corrected chi connectivity index (χ3v) is 5.59. The topological polar surface area (TPSA) is 83.6 Å². The van der Waals surface area contributed by atoms with E-state index < -0.39 is 26.4 Å². The van der Waals surface area contributed by atoms with Crippen LogP contribution in [0.25, 0.3) is 0 Å². The number of hydrogen-bond acceptors (Lipinski definition) is 4. The van der Waals surface area contributed by atoms with Crippen molar-refractivity contribution in [2.24, 2.45) is 0 Å². The molecule has 1 fully saturated rings. The zero-order valence-corrected chi connectivity index (χ0v) is 14.9. The van der Waals surface area contributed by atoms with Gasteiger partial charge in [0.15, 0.2) is 0 Å². The number of carbonyl (C=O) groups is 2. The van der Waals surface area contributed by atoms with Gasteiger partial charge in [-0.25, -0.2) is 8.42 Å². The lowest BCUT2D eigenvalue weighted by molar-refractivity contribution is -0.117. The summed E-state index contributed by atoms with van der Waals surface area (Å²) in [6.45, 7) is 0.665. The van der Waals surface area contributed by atoms with E-state index in [1.54, 1.807) is 29.2 Å². The number of carbonyl (C=O) groups excluding carboxylic acids is 2. The Morgan fingerprint density at radius 3 is 2.19 bits per heavy atom. The van der Waals surface area contributed by atoms with Crippen LogP contribution in [-0.4, -0.2) is 32.5 Å². The minimum atomic E-state index is -4.69. The molecule has 1 heterocycles. The Labute approximate surface area is 154 Å². The van der Waals surface area contributed by atoms with E-state index in [2.05, 4.69) is 5.32 Å². The molecule has 1 aliphatic rings. The monoisotopic (exact) mass is 394 g/mol. The van der Waals surface area contributed by atoms with Crippen molar-refractivity contribution in [3.8, 4) is 0 Å². The van der Waals surface area contributed by atoms with Gasteiger partial charge in [-0.05, 0) is 55.0 Å². The Morgan fingerprint density at radius 2 is 1.67 bits per heavy atom. The summed E-state index contributed by atoms with van der Waals surface area (Å²) in [4.78, 5) is 25.1. The van der Waals surface area contributed by atoms with E-state index in [9.17, 15) is 26.8 Å². The first-order valence-corrected chi connectivity index (χ1v) is 9.67. The molecule has 2 aromatic rings. The van der Waals surface area contributed by atoms with E-state index in [0.717, 1.165) is 24.2 Å². The van der Waals surface area contributed by atoms with E-state index in [1.165, 1.54) is 12.1 Å². The van der Waals surface area contributed by atoms with Gasteiger partial charge in [-0.15, -0.1) is 0 Å². The second kappa shape index (κ2) is 7.43. The van der Waals surface area contributed by atoms with Crippen LogP contribution < -0.4 is 10.2 Å². The lowest BCUT2D eigenvalue weighted by Gasteiger charge is -2.16. The number of sulfone groups is 1. The minimum Gasteiger partial charge on any atom is -0.322 e. The van der Waals surface area contributed by atoms with Crippen molar-refractivity contribution in [3.63, 3.8) is 0 Å². The van der Waals surface area contributed by atoms with Crippen molar-refractivity contribution >= 4 is 33.0 Å². The summed E-state index contributed by atoms with van der Waals surface area (Å²) in [5, 5.41) is 2.63. The molecule has 1 N–H and O–H groups in total. The molecule has 2 amide bonds. The number of halogens is 2. The Balaban J connectivity index is 1.69. The molecule has 0 aromatic heterocycles. The zero-order chi connectivity index (χ0) is 19.6. The molecular formula is C18H16F2N2O4S. The summed E-state index contributed by atoms with van der Waals surface area (Å²) >= 11 is 0. The van der Waals surface area contributed by atoms with Crippen LogP contribution in [0.3, 0.4) is 0 Å². The van der Waals surface area contributed by atoms with Crippen LogP contribution in [0.2, 0.25) is 0 Å². The van der Waals surface area contributed by atoms with Gasteiger partial charge in [-0.2, -0.15) is 8.78 Å². The fourth-order valence-electron chi connectivity index (χ4n) is 2.75. The molecule has 2 aromatic carbocycles. The average molecular weight is 394 g/mol. The predicted molar refractivity (Wildman–Crippen MR) is 95.6 cm³/mol. The van der Waals surface area contributed by atoms with E-state index in [1.807, 2.05) is 0 Å². The summed E-state index contributed by atoms with van der Waals surface area (Å²) in [5.41, 5.74) is 1.36. The second-order valence-corrected chi connectivity index (χ2v) is 7.90. The highest BCUT2D eigenvalue weighted by atomic mass is 32.2. The largest absolute Gasteiger partial charge is 0.341 e. The van der Waals surface area contributed by atoms with Crippen molar-refractivity contribution in [2.45, 2.75) is 23.5 Å². The van der Waals surface area contributed by atoms with Crippen molar-refractivity contribution in [1.82, 2.24) is 0 Å². The normalized spacial score (nSPS) is 14.6. The summed E-state index contributed by atoms with van der Waals surface area (Å²) in [6, 6.07) is 11.0. The molecule has 142 valence electrons. The lowest BCUT2D eigenvalue weighted by atomic mass is 10.2. The fourth-order valence-corrected chi connectivity index (χ4v) is 3.47. The molecular weight excluding hydrogens is 378 g/mol. The molecule has 9 heteroatoms. The van der Waals surface area contributed by atoms with Crippen molar-refractivity contribution < 1.29 is 26.8 Å². The summed E-state index contributed by atoms with van der Waals surface area (Å²) in [7, 11) is -4.69. The standard InChI is InChI=1S/C18H16F2N2O4S/c19-18(20)27(25,26)15-9-3-12(4-10-15)17(24)21-13-5-7-14(8-6-13)22-11-1-2-16(22)23/h3-10,18H,1-2,11H2,(H,21,24). The Morgan fingerprint density at radius 1 is 1.04 bits per heavy atom. The van der Waals surface area contributed by atoms with Crippen LogP contribution in [0.5, 0.6) is 0 Å². The molecule has 0 aliphatic carbocycles. The van der Waals surface area contributed by atoms with Crippen molar-refractivity contribution in [3.05, 3.63) is 54.1 Å². The van der Waals surface area contributed by atoms with Crippen LogP contribution in [0, 0.1) is 0 Å². The highest BCUT2D eigenvalue weighted by Crippen LogP contribution is 2.23. The van der Waals surface area contributed by atoms with Crippen molar-refractivity contribution in [1.29, 1.82) is 0 Å². The van der Waals surface area contributed by atoms with Gasteiger partial charge < -0.3 is 10.2 Å². The van der Waals surface area contributed by atoms with E-state index in [0.29, 0.717) is 18.7 Å². The minimum absolute atomic E-state index is 0.0608. The van der Waals surface area contributed by atoms with Gasteiger partial charge in [0.1, 0.15) is 0 Å². The maximum Gasteiger partial charge on any atom is 0.341 e. The smallest absolute Gasteiger partial charge is 0.322 e. The molecule has 0 atom stereocenters. The number of hydrogen-bond donors (Lipinski definition) is 1. The Bertz CT molecular complexity index is 958. The van der Waals surface area contributed by atoms with Crippen LogP contribution in [0.4, 0.5) is 20.2 Å². The molecule has 6 nitrogen and oxygen atoms in total. The molecule has 0 saturated carbocycles. The maximum atomic E-state index is 12.5. The highest BCUT2D eigenvalue weighted by molar-refractivity contribution is 7.91. The first kappa shape index (κ1) is 19.0. The average Bonchev–Trinajstić information content (AvgIpc) is 3.08. The molecule has 0 radical (unpaired) electrons. The third kappa shape index (κ3) is 3.97. The first-order valence-electron chi connectivity index (χ1n) is 8.13. The number of nitrogens with one attached hydrogen (secondary N) is 1. The molecule has 3 rings (SSSR count). The number of anilines is 2. The van der Waals surface area contributed by atoms with E-state index >= 15 is 0 Å². The summed E-state index contributed by atoms with van der Waals surface area (Å²) in [6.07, 6.45) is 1.34. The quantitative estimate of drug-likeness (QED) is 0.845. The number of alkyl halides is 2. The van der Waals surface area contributed by atoms with Gasteiger partial charge in [0.05, 0.1) is 4.90 Å². The zero-order valence-electron chi connectivity index (χ0n) is 14.1. The van der Waals surface area contributed by atoms with Gasteiger partial charge >= 0.3 is 5.76 Å². The van der Waals surface area contributed by atoms with Crippen LogP contribution in [0.15, 0.2) is 53.4 Å². The first-order chi connectivity index (χ1) is 12.8. The number of nitrogens with zero attached hydrogens (tertiary/aromatic N) is 1. The molecule has 0 spiro atoms. The van der Waals surface area contributed by atoms with Crippen LogP contribution in [0.1, 0.15) is 23.2 Å².